The van der Waals surface area contributed by atoms with Crippen LogP contribution < -0.4 is 15.2 Å². The lowest BCUT2D eigenvalue weighted by Crippen LogP contribution is -2.14. The number of halogens is 3. The molecule has 3 rings (SSSR count). The van der Waals surface area contributed by atoms with Gasteiger partial charge in [0, 0.05) is 12.6 Å². The number of benzene rings is 1. The smallest absolute Gasteiger partial charge is 0.232 e. The molecule has 2 heterocycles. The van der Waals surface area contributed by atoms with Crippen LogP contribution in [-0.2, 0) is 0 Å². The molecule has 0 radical (unpaired) electrons. The highest BCUT2D eigenvalue weighted by Crippen LogP contribution is 2.36. The second-order valence-electron chi connectivity index (χ2n) is 5.19. The third-order valence-corrected chi connectivity index (χ3v) is 4.39. The maximum absolute atomic E-state index is 13.9. The van der Waals surface area contributed by atoms with Gasteiger partial charge in [-0.15, -0.1) is 5.10 Å². The SMILES string of the molecule is CC(Oc1ccc2ncc(Br)n2n1)c1c(OCCN)ccc(F)c1Cl. The Morgan fingerprint density at radius 3 is 2.92 bits per heavy atom. The van der Waals surface area contributed by atoms with Gasteiger partial charge in [0.1, 0.15) is 28.9 Å². The molecule has 0 bridgehead atoms. The zero-order valence-corrected chi connectivity index (χ0v) is 15.6. The number of nitrogens with two attached hydrogens (primary N) is 1. The van der Waals surface area contributed by atoms with Crippen molar-refractivity contribution in [3.63, 3.8) is 0 Å². The van der Waals surface area contributed by atoms with E-state index in [1.165, 1.54) is 12.1 Å². The predicted octanol–water partition coefficient (Wildman–Crippen LogP) is 3.76. The molecule has 0 aliphatic heterocycles. The molecule has 1 atom stereocenters. The summed E-state index contributed by atoms with van der Waals surface area (Å²) >= 11 is 9.49. The summed E-state index contributed by atoms with van der Waals surface area (Å²) in [5.41, 5.74) is 6.54. The van der Waals surface area contributed by atoms with Crippen molar-refractivity contribution in [1.82, 2.24) is 14.6 Å². The number of hydrogen-bond donors (Lipinski definition) is 1. The third-order valence-electron chi connectivity index (χ3n) is 3.47. The van der Waals surface area contributed by atoms with Crippen molar-refractivity contribution < 1.29 is 13.9 Å². The summed E-state index contributed by atoms with van der Waals surface area (Å²) < 4.78 is 27.6. The summed E-state index contributed by atoms with van der Waals surface area (Å²) in [6, 6.07) is 6.20. The van der Waals surface area contributed by atoms with Crippen molar-refractivity contribution in [2.24, 2.45) is 5.73 Å². The van der Waals surface area contributed by atoms with Crippen molar-refractivity contribution in [3.8, 4) is 11.6 Å². The molecule has 0 spiro atoms. The van der Waals surface area contributed by atoms with E-state index in [-0.39, 0.29) is 11.6 Å². The van der Waals surface area contributed by atoms with Gasteiger partial charge in [-0.05, 0) is 41.1 Å². The average molecular weight is 430 g/mol. The Hall–Kier alpha value is -1.90. The highest BCUT2D eigenvalue weighted by molar-refractivity contribution is 9.10. The van der Waals surface area contributed by atoms with Gasteiger partial charge in [0.2, 0.25) is 5.88 Å². The second kappa shape index (κ2) is 7.55. The lowest BCUT2D eigenvalue weighted by atomic mass is 10.1. The zero-order chi connectivity index (χ0) is 18.0. The molecule has 1 unspecified atom stereocenters. The van der Waals surface area contributed by atoms with E-state index in [4.69, 9.17) is 26.8 Å². The van der Waals surface area contributed by atoms with Gasteiger partial charge < -0.3 is 15.2 Å². The van der Waals surface area contributed by atoms with Crippen LogP contribution in [0.4, 0.5) is 4.39 Å². The topological polar surface area (TPSA) is 74.7 Å². The van der Waals surface area contributed by atoms with Crippen molar-refractivity contribution in [2.75, 3.05) is 13.2 Å². The minimum atomic E-state index is -0.594. The van der Waals surface area contributed by atoms with Crippen molar-refractivity contribution in [3.05, 3.63) is 51.5 Å². The zero-order valence-electron chi connectivity index (χ0n) is 13.2. The number of hydrogen-bond acceptors (Lipinski definition) is 5. The van der Waals surface area contributed by atoms with Gasteiger partial charge in [0.25, 0.3) is 0 Å². The maximum atomic E-state index is 13.9. The first kappa shape index (κ1) is 17.9. The average Bonchev–Trinajstić information content (AvgIpc) is 2.96. The molecule has 2 aromatic heterocycles. The van der Waals surface area contributed by atoms with Crippen LogP contribution in [0.1, 0.15) is 18.6 Å². The molecule has 0 amide bonds. The largest absolute Gasteiger partial charge is 0.492 e. The molecule has 0 fully saturated rings. The van der Waals surface area contributed by atoms with Gasteiger partial charge in [-0.25, -0.2) is 13.9 Å². The van der Waals surface area contributed by atoms with Gasteiger partial charge in [-0.3, -0.25) is 0 Å². The Morgan fingerprint density at radius 2 is 2.16 bits per heavy atom. The van der Waals surface area contributed by atoms with Gasteiger partial charge in [-0.1, -0.05) is 11.6 Å². The van der Waals surface area contributed by atoms with Crippen LogP contribution in [0.3, 0.4) is 0 Å². The molecule has 0 saturated carbocycles. The molecular weight excluding hydrogens is 415 g/mol. The number of imidazole rings is 1. The highest BCUT2D eigenvalue weighted by Gasteiger charge is 2.21. The summed E-state index contributed by atoms with van der Waals surface area (Å²) in [6.45, 7) is 2.36. The molecule has 0 aliphatic carbocycles. The van der Waals surface area contributed by atoms with E-state index in [0.29, 0.717) is 34.0 Å². The first-order chi connectivity index (χ1) is 12.0. The number of aromatic nitrogens is 3. The summed E-state index contributed by atoms with van der Waals surface area (Å²) in [5.74, 6) is 0.214. The maximum Gasteiger partial charge on any atom is 0.232 e. The van der Waals surface area contributed by atoms with Crippen LogP contribution in [0.2, 0.25) is 5.02 Å². The van der Waals surface area contributed by atoms with Crippen LogP contribution in [0.15, 0.2) is 35.1 Å². The molecule has 132 valence electrons. The Labute approximate surface area is 156 Å². The van der Waals surface area contributed by atoms with E-state index in [0.717, 1.165) is 0 Å². The Bertz CT molecular complexity index is 905. The fourth-order valence-corrected chi connectivity index (χ4v) is 3.03. The standard InChI is InChI=1S/C16H15BrClFN4O2/c1-9(15-11(24-7-6-20)3-2-10(19)16(15)18)25-14-5-4-13-21-8-12(17)23(13)22-14/h2-5,8-9H,6-7,20H2,1H3. The first-order valence-electron chi connectivity index (χ1n) is 7.49. The van der Waals surface area contributed by atoms with E-state index >= 15 is 0 Å². The number of nitrogens with zero attached hydrogens (tertiary/aromatic N) is 3. The quantitative estimate of drug-likeness (QED) is 0.646. The van der Waals surface area contributed by atoms with Crippen molar-refractivity contribution in [1.29, 1.82) is 0 Å². The van der Waals surface area contributed by atoms with Gasteiger partial charge >= 0.3 is 0 Å². The van der Waals surface area contributed by atoms with Gasteiger partial charge in [-0.2, -0.15) is 0 Å². The minimum absolute atomic E-state index is 0.0492. The molecule has 9 heteroatoms. The molecule has 0 saturated heterocycles. The van der Waals surface area contributed by atoms with Crippen LogP contribution in [0, 0.1) is 5.82 Å². The van der Waals surface area contributed by atoms with E-state index in [9.17, 15) is 4.39 Å². The predicted molar refractivity (Wildman–Crippen MR) is 95.7 cm³/mol. The highest BCUT2D eigenvalue weighted by atomic mass is 79.9. The van der Waals surface area contributed by atoms with Gasteiger partial charge in [0.05, 0.1) is 16.8 Å². The molecule has 3 aromatic rings. The molecular formula is C16H15BrClFN4O2. The number of ether oxygens (including phenoxy) is 2. The second-order valence-corrected chi connectivity index (χ2v) is 6.38. The van der Waals surface area contributed by atoms with Crippen molar-refractivity contribution in [2.45, 2.75) is 13.0 Å². The first-order valence-corrected chi connectivity index (χ1v) is 8.66. The summed E-state index contributed by atoms with van der Waals surface area (Å²) in [5, 5.41) is 4.28. The molecule has 2 N–H and O–H groups in total. The van der Waals surface area contributed by atoms with Crippen LogP contribution >= 0.6 is 27.5 Å². The van der Waals surface area contributed by atoms with Crippen LogP contribution in [0.5, 0.6) is 11.6 Å². The molecule has 1 aromatic carbocycles. The number of rotatable bonds is 6. The minimum Gasteiger partial charge on any atom is -0.492 e. The van der Waals surface area contributed by atoms with E-state index in [1.54, 1.807) is 29.8 Å². The Morgan fingerprint density at radius 1 is 1.36 bits per heavy atom. The lowest BCUT2D eigenvalue weighted by Gasteiger charge is -2.19. The fourth-order valence-electron chi connectivity index (χ4n) is 2.35. The van der Waals surface area contributed by atoms with E-state index in [1.807, 2.05) is 0 Å². The normalized spacial score (nSPS) is 12.4. The third kappa shape index (κ3) is 3.70. The Kier molecular flexibility index (Phi) is 5.41. The van der Waals surface area contributed by atoms with Crippen LogP contribution in [-0.4, -0.2) is 27.7 Å². The molecule has 6 nitrogen and oxygen atoms in total. The lowest BCUT2D eigenvalue weighted by molar-refractivity contribution is 0.205. The summed E-state index contributed by atoms with van der Waals surface area (Å²) in [4.78, 5) is 4.17. The van der Waals surface area contributed by atoms with E-state index < -0.39 is 11.9 Å². The molecule has 25 heavy (non-hydrogen) atoms. The monoisotopic (exact) mass is 428 g/mol. The van der Waals surface area contributed by atoms with Crippen molar-refractivity contribution >= 4 is 33.2 Å². The molecule has 0 aliphatic rings. The summed E-state index contributed by atoms with van der Waals surface area (Å²) in [6.07, 6.45) is 1.04. The van der Waals surface area contributed by atoms with Crippen LogP contribution in [0.25, 0.3) is 5.65 Å². The fraction of sp³-hybridized carbons (Fsp3) is 0.250. The summed E-state index contributed by atoms with van der Waals surface area (Å²) in [7, 11) is 0. The van der Waals surface area contributed by atoms with Gasteiger partial charge in [0.15, 0.2) is 5.65 Å². The van der Waals surface area contributed by atoms with E-state index in [2.05, 4.69) is 26.0 Å². The number of fused-ring (bicyclic) bond motifs is 1. The Balaban J connectivity index is 1.92.